The molecule has 1 N–H and O–H groups in total. The van der Waals surface area contributed by atoms with Crippen LogP contribution in [0, 0.1) is 5.92 Å². The summed E-state index contributed by atoms with van der Waals surface area (Å²) < 4.78 is 5.45. The molecular weight excluding hydrogens is 162 g/mol. The molecule has 0 aromatic carbocycles. The first kappa shape index (κ1) is 11.0. The molecule has 0 bridgehead atoms. The molecule has 1 atom stereocenters. The highest BCUT2D eigenvalue weighted by Gasteiger charge is 2.22. The van der Waals surface area contributed by atoms with Gasteiger partial charge in [0.15, 0.2) is 0 Å². The average Bonchev–Trinajstić information content (AvgIpc) is 2.81. The third-order valence-electron chi connectivity index (χ3n) is 2.43. The fraction of sp³-hybridized carbons (Fsp3) is 1.00. The maximum absolute atomic E-state index is 5.45. The quantitative estimate of drug-likeness (QED) is 0.614. The first-order valence-electron chi connectivity index (χ1n) is 5.53. The van der Waals surface area contributed by atoms with Crippen molar-refractivity contribution in [1.82, 2.24) is 5.32 Å². The van der Waals surface area contributed by atoms with Crippen molar-refractivity contribution >= 4 is 0 Å². The predicted octanol–water partition coefficient (Wildman–Crippen LogP) is 2.19. The number of ether oxygens (including phenoxy) is 1. The van der Waals surface area contributed by atoms with Gasteiger partial charge in [0.2, 0.25) is 0 Å². The molecule has 0 aromatic heterocycles. The first-order valence-corrected chi connectivity index (χ1v) is 5.53. The molecule has 1 saturated carbocycles. The van der Waals surface area contributed by atoms with Crippen molar-refractivity contribution in [2.45, 2.75) is 52.2 Å². The minimum absolute atomic E-state index is 0.362. The lowest BCUT2D eigenvalue weighted by Gasteiger charge is -2.14. The Morgan fingerprint density at radius 2 is 2.00 bits per heavy atom. The van der Waals surface area contributed by atoms with Gasteiger partial charge in [0, 0.05) is 12.6 Å². The minimum Gasteiger partial charge on any atom is -0.377 e. The van der Waals surface area contributed by atoms with Crippen LogP contribution < -0.4 is 5.32 Å². The van der Waals surface area contributed by atoms with Gasteiger partial charge in [-0.1, -0.05) is 12.8 Å². The highest BCUT2D eigenvalue weighted by molar-refractivity contribution is 4.77. The summed E-state index contributed by atoms with van der Waals surface area (Å²) in [5.41, 5.74) is 0. The third kappa shape index (κ3) is 6.05. The van der Waals surface area contributed by atoms with Gasteiger partial charge in [-0.2, -0.15) is 0 Å². The van der Waals surface area contributed by atoms with Crippen LogP contribution in [0.1, 0.15) is 40.0 Å². The monoisotopic (exact) mass is 185 g/mol. The molecule has 2 heteroatoms. The molecule has 0 spiro atoms. The molecule has 78 valence electrons. The van der Waals surface area contributed by atoms with E-state index >= 15 is 0 Å². The standard InChI is InChI=1S/C11H23NO/c1-9(2)13-7-6-12-10(3)8-11-4-5-11/h9-12H,4-8H2,1-3H3. The molecule has 13 heavy (non-hydrogen) atoms. The Morgan fingerprint density at radius 3 is 2.54 bits per heavy atom. The van der Waals surface area contributed by atoms with Gasteiger partial charge in [-0.3, -0.25) is 0 Å². The van der Waals surface area contributed by atoms with Gasteiger partial charge in [-0.15, -0.1) is 0 Å². The molecule has 1 unspecified atom stereocenters. The normalized spacial score (nSPS) is 19.4. The molecule has 0 saturated heterocycles. The van der Waals surface area contributed by atoms with E-state index in [4.69, 9.17) is 4.74 Å². The van der Waals surface area contributed by atoms with Crippen LogP contribution in [-0.2, 0) is 4.74 Å². The first-order chi connectivity index (χ1) is 6.18. The SMILES string of the molecule is CC(CC1CC1)NCCOC(C)C. The summed E-state index contributed by atoms with van der Waals surface area (Å²) in [4.78, 5) is 0. The summed E-state index contributed by atoms with van der Waals surface area (Å²) in [6.45, 7) is 8.26. The van der Waals surface area contributed by atoms with Crippen molar-refractivity contribution < 1.29 is 4.74 Å². The second-order valence-corrected chi connectivity index (χ2v) is 4.45. The van der Waals surface area contributed by atoms with Crippen molar-refractivity contribution in [3.8, 4) is 0 Å². The zero-order valence-electron chi connectivity index (χ0n) is 9.18. The van der Waals surface area contributed by atoms with Crippen LogP contribution in [-0.4, -0.2) is 25.3 Å². The molecular formula is C11H23NO. The van der Waals surface area contributed by atoms with E-state index in [-0.39, 0.29) is 0 Å². The van der Waals surface area contributed by atoms with Gasteiger partial charge < -0.3 is 10.1 Å². The van der Waals surface area contributed by atoms with E-state index < -0.39 is 0 Å². The Morgan fingerprint density at radius 1 is 1.31 bits per heavy atom. The van der Waals surface area contributed by atoms with E-state index in [0.717, 1.165) is 19.1 Å². The number of rotatable bonds is 7. The smallest absolute Gasteiger partial charge is 0.0594 e. The van der Waals surface area contributed by atoms with Crippen LogP contribution in [0.4, 0.5) is 0 Å². The Bertz CT molecular complexity index is 132. The average molecular weight is 185 g/mol. The largest absolute Gasteiger partial charge is 0.377 e. The Balaban J connectivity index is 1.85. The van der Waals surface area contributed by atoms with Crippen LogP contribution >= 0.6 is 0 Å². The van der Waals surface area contributed by atoms with Crippen molar-refractivity contribution in [2.24, 2.45) is 5.92 Å². The van der Waals surface area contributed by atoms with Gasteiger partial charge in [0.1, 0.15) is 0 Å². The van der Waals surface area contributed by atoms with Crippen molar-refractivity contribution in [3.05, 3.63) is 0 Å². The lowest BCUT2D eigenvalue weighted by atomic mass is 10.2. The van der Waals surface area contributed by atoms with Crippen molar-refractivity contribution in [1.29, 1.82) is 0 Å². The fourth-order valence-electron chi connectivity index (χ4n) is 1.54. The molecule has 0 heterocycles. The Hall–Kier alpha value is -0.0800. The zero-order valence-corrected chi connectivity index (χ0v) is 9.18. The molecule has 1 rings (SSSR count). The number of hydrogen-bond donors (Lipinski definition) is 1. The molecule has 0 amide bonds. The van der Waals surface area contributed by atoms with E-state index in [1.807, 2.05) is 0 Å². The molecule has 0 aliphatic heterocycles. The van der Waals surface area contributed by atoms with E-state index in [0.29, 0.717) is 12.1 Å². The second kappa shape index (κ2) is 5.61. The summed E-state index contributed by atoms with van der Waals surface area (Å²) in [5.74, 6) is 1.02. The third-order valence-corrected chi connectivity index (χ3v) is 2.43. The van der Waals surface area contributed by atoms with Crippen LogP contribution in [0.15, 0.2) is 0 Å². The second-order valence-electron chi connectivity index (χ2n) is 4.45. The number of hydrogen-bond acceptors (Lipinski definition) is 2. The van der Waals surface area contributed by atoms with Gasteiger partial charge in [-0.25, -0.2) is 0 Å². The molecule has 0 aromatic rings. The molecule has 1 fully saturated rings. The molecule has 0 radical (unpaired) electrons. The van der Waals surface area contributed by atoms with Crippen molar-refractivity contribution in [3.63, 3.8) is 0 Å². The summed E-state index contributed by atoms with van der Waals surface area (Å²) in [6.07, 6.45) is 4.62. The Labute approximate surface area is 82.0 Å². The lowest BCUT2D eigenvalue weighted by Crippen LogP contribution is -2.30. The number of nitrogens with one attached hydrogen (secondary N) is 1. The van der Waals surface area contributed by atoms with Gasteiger partial charge >= 0.3 is 0 Å². The topological polar surface area (TPSA) is 21.3 Å². The summed E-state index contributed by atoms with van der Waals surface area (Å²) in [5, 5.41) is 3.48. The van der Waals surface area contributed by atoms with Gasteiger partial charge in [-0.05, 0) is 33.1 Å². The molecule has 2 nitrogen and oxygen atoms in total. The van der Waals surface area contributed by atoms with Crippen molar-refractivity contribution in [2.75, 3.05) is 13.2 Å². The van der Waals surface area contributed by atoms with E-state index in [1.54, 1.807) is 0 Å². The van der Waals surface area contributed by atoms with E-state index in [1.165, 1.54) is 19.3 Å². The minimum atomic E-state index is 0.362. The Kier molecular flexibility index (Phi) is 4.74. The molecule has 1 aliphatic rings. The van der Waals surface area contributed by atoms with E-state index in [2.05, 4.69) is 26.1 Å². The van der Waals surface area contributed by atoms with E-state index in [9.17, 15) is 0 Å². The van der Waals surface area contributed by atoms with Crippen LogP contribution in [0.3, 0.4) is 0 Å². The van der Waals surface area contributed by atoms with Gasteiger partial charge in [0.05, 0.1) is 12.7 Å². The highest BCUT2D eigenvalue weighted by Crippen LogP contribution is 2.33. The van der Waals surface area contributed by atoms with Crippen LogP contribution in [0.5, 0.6) is 0 Å². The fourth-order valence-corrected chi connectivity index (χ4v) is 1.54. The lowest BCUT2D eigenvalue weighted by molar-refractivity contribution is 0.0794. The maximum Gasteiger partial charge on any atom is 0.0594 e. The summed E-state index contributed by atoms with van der Waals surface area (Å²) in [7, 11) is 0. The van der Waals surface area contributed by atoms with Crippen LogP contribution in [0.2, 0.25) is 0 Å². The maximum atomic E-state index is 5.45. The predicted molar refractivity (Wildman–Crippen MR) is 55.9 cm³/mol. The molecule has 1 aliphatic carbocycles. The highest BCUT2D eigenvalue weighted by atomic mass is 16.5. The zero-order chi connectivity index (χ0) is 9.68. The van der Waals surface area contributed by atoms with Crippen LogP contribution in [0.25, 0.3) is 0 Å². The summed E-state index contributed by atoms with van der Waals surface area (Å²) in [6, 6.07) is 0.670. The summed E-state index contributed by atoms with van der Waals surface area (Å²) >= 11 is 0. The van der Waals surface area contributed by atoms with Gasteiger partial charge in [0.25, 0.3) is 0 Å².